The summed E-state index contributed by atoms with van der Waals surface area (Å²) in [6, 6.07) is 13.3. The van der Waals surface area contributed by atoms with Crippen molar-refractivity contribution in [3.63, 3.8) is 0 Å². The Morgan fingerprint density at radius 3 is 2.24 bits per heavy atom. The molecule has 0 unspecified atom stereocenters. The number of hydrogen-bond acceptors (Lipinski definition) is 6. The molecule has 33 heavy (non-hydrogen) atoms. The Hall–Kier alpha value is -3.65. The first-order valence-corrected chi connectivity index (χ1v) is 10.6. The van der Waals surface area contributed by atoms with Gasteiger partial charge < -0.3 is 10.5 Å². The first-order chi connectivity index (χ1) is 15.6. The van der Waals surface area contributed by atoms with Crippen LogP contribution in [-0.2, 0) is 20.1 Å². The molecular weight excluding hydrogens is 420 g/mol. The van der Waals surface area contributed by atoms with Crippen molar-refractivity contribution in [1.82, 2.24) is 14.0 Å². The van der Waals surface area contributed by atoms with E-state index in [0.717, 1.165) is 32.6 Å². The van der Waals surface area contributed by atoms with E-state index in [2.05, 4.69) is 0 Å². The van der Waals surface area contributed by atoms with Crippen LogP contribution in [0.5, 0.6) is 5.75 Å². The van der Waals surface area contributed by atoms with E-state index in [9.17, 15) is 14.4 Å². The zero-order valence-corrected chi connectivity index (χ0v) is 19.7. The van der Waals surface area contributed by atoms with E-state index in [0.29, 0.717) is 6.54 Å². The number of nitrogens with two attached hydrogens (primary N) is 1. The molecule has 0 saturated carbocycles. The fourth-order valence-electron chi connectivity index (χ4n) is 4.11. The third-order valence-corrected chi connectivity index (χ3v) is 5.64. The molecule has 0 fully saturated rings. The second-order valence-electron chi connectivity index (χ2n) is 8.34. The number of aryl methyl sites for hydroxylation is 2. The fourth-order valence-corrected chi connectivity index (χ4v) is 4.11. The highest BCUT2D eigenvalue weighted by atomic mass is 16.5. The quantitative estimate of drug-likeness (QED) is 0.528. The monoisotopic (exact) mass is 450 g/mol. The molecule has 3 aromatic rings. The lowest BCUT2D eigenvalue weighted by molar-refractivity contribution is 0.0941. The van der Waals surface area contributed by atoms with Gasteiger partial charge in [-0.1, -0.05) is 42.5 Å². The van der Waals surface area contributed by atoms with Crippen LogP contribution in [0.15, 0.2) is 52.1 Å². The number of ether oxygens (including phenoxy) is 1. The molecule has 174 valence electrons. The number of nitrogen functional groups attached to an aromatic ring is 1. The van der Waals surface area contributed by atoms with Crippen LogP contribution < -0.4 is 21.7 Å². The topological polar surface area (TPSA) is 99.6 Å². The van der Waals surface area contributed by atoms with Gasteiger partial charge in [-0.25, -0.2) is 4.79 Å². The van der Waals surface area contributed by atoms with Gasteiger partial charge in [0.15, 0.2) is 5.78 Å². The Morgan fingerprint density at radius 2 is 1.67 bits per heavy atom. The Bertz CT molecular complexity index is 1270. The Labute approximate surface area is 192 Å². The predicted molar refractivity (Wildman–Crippen MR) is 129 cm³/mol. The summed E-state index contributed by atoms with van der Waals surface area (Å²) in [7, 11) is 4.80. The summed E-state index contributed by atoms with van der Waals surface area (Å²) in [5, 5.41) is 0. The number of anilines is 1. The lowest BCUT2D eigenvalue weighted by Crippen LogP contribution is -2.44. The van der Waals surface area contributed by atoms with Gasteiger partial charge in [0.2, 0.25) is 0 Å². The molecule has 3 rings (SSSR count). The number of benzene rings is 2. The summed E-state index contributed by atoms with van der Waals surface area (Å²) >= 11 is 0. The molecule has 0 atom stereocenters. The van der Waals surface area contributed by atoms with E-state index in [1.165, 1.54) is 11.6 Å². The summed E-state index contributed by atoms with van der Waals surface area (Å²) in [5.74, 6) is 0.301. The van der Waals surface area contributed by atoms with Gasteiger partial charge in [0, 0.05) is 13.6 Å². The molecule has 0 bridgehead atoms. The van der Waals surface area contributed by atoms with E-state index in [4.69, 9.17) is 10.5 Å². The van der Waals surface area contributed by atoms with E-state index >= 15 is 0 Å². The summed E-state index contributed by atoms with van der Waals surface area (Å²) in [6.45, 7) is 4.59. The maximum Gasteiger partial charge on any atom is 0.332 e. The molecule has 2 N–H and O–H groups in total. The number of aromatic nitrogens is 2. The number of nitrogens with zero attached hydrogens (tertiary/aromatic N) is 3. The predicted octanol–water partition coefficient (Wildman–Crippen LogP) is 2.12. The van der Waals surface area contributed by atoms with Crippen LogP contribution >= 0.6 is 0 Å². The van der Waals surface area contributed by atoms with Gasteiger partial charge >= 0.3 is 5.69 Å². The van der Waals surface area contributed by atoms with Gasteiger partial charge in [0.25, 0.3) is 5.56 Å². The Kier molecular flexibility index (Phi) is 7.18. The summed E-state index contributed by atoms with van der Waals surface area (Å²) < 4.78 is 7.61. The van der Waals surface area contributed by atoms with Gasteiger partial charge in [0.05, 0.1) is 20.2 Å². The highest BCUT2D eigenvalue weighted by Crippen LogP contribution is 2.24. The van der Waals surface area contributed by atoms with Gasteiger partial charge in [0.1, 0.15) is 17.1 Å². The number of hydrogen-bond donors (Lipinski definition) is 1. The first-order valence-electron chi connectivity index (χ1n) is 10.6. The zero-order chi connectivity index (χ0) is 24.3. The van der Waals surface area contributed by atoms with Gasteiger partial charge in [-0.3, -0.25) is 23.6 Å². The second kappa shape index (κ2) is 9.87. The van der Waals surface area contributed by atoms with E-state index in [1.807, 2.05) is 61.2 Å². The Morgan fingerprint density at radius 1 is 1.06 bits per heavy atom. The maximum atomic E-state index is 13.1. The maximum absolute atomic E-state index is 13.1. The average Bonchev–Trinajstić information content (AvgIpc) is 2.76. The van der Waals surface area contributed by atoms with Crippen LogP contribution in [0.4, 0.5) is 5.82 Å². The Balaban J connectivity index is 1.87. The molecule has 0 spiro atoms. The van der Waals surface area contributed by atoms with E-state index < -0.39 is 17.0 Å². The van der Waals surface area contributed by atoms with Crippen molar-refractivity contribution in [3.8, 4) is 5.75 Å². The number of likely N-dealkylation sites (N-methyl/N-ethyl adjacent to an activating group) is 1. The minimum atomic E-state index is -0.684. The molecule has 1 aromatic heterocycles. The summed E-state index contributed by atoms with van der Waals surface area (Å²) in [4.78, 5) is 40.4. The van der Waals surface area contributed by atoms with Crippen LogP contribution in [0.1, 0.15) is 32.6 Å². The second-order valence-corrected chi connectivity index (χ2v) is 8.34. The zero-order valence-electron chi connectivity index (χ0n) is 19.7. The normalized spacial score (nSPS) is 11.1. The van der Waals surface area contributed by atoms with Crippen LogP contribution in [-0.4, -0.2) is 40.5 Å². The highest BCUT2D eigenvalue weighted by molar-refractivity contribution is 6.01. The number of carbonyl (C=O) groups is 1. The van der Waals surface area contributed by atoms with Crippen LogP contribution in [0, 0.1) is 13.8 Å². The van der Waals surface area contributed by atoms with Gasteiger partial charge in [-0.15, -0.1) is 0 Å². The van der Waals surface area contributed by atoms with Crippen molar-refractivity contribution >= 4 is 11.6 Å². The standard InChI is InChI=1S/C25H30N4O4/c1-16-11-19(12-17(2)22(16)33-5)13-27(3)15-20(30)21-23(26)29(25(32)28(4)24(21)31)14-18-9-7-6-8-10-18/h6-12H,13-15,26H2,1-5H3. The highest BCUT2D eigenvalue weighted by Gasteiger charge is 2.22. The summed E-state index contributed by atoms with van der Waals surface area (Å²) in [5.41, 5.74) is 8.68. The lowest BCUT2D eigenvalue weighted by Gasteiger charge is -2.19. The van der Waals surface area contributed by atoms with Crippen LogP contribution in [0.2, 0.25) is 0 Å². The van der Waals surface area contributed by atoms with Crippen molar-refractivity contribution < 1.29 is 9.53 Å². The average molecular weight is 451 g/mol. The van der Waals surface area contributed by atoms with Gasteiger partial charge in [-0.05, 0) is 43.1 Å². The largest absolute Gasteiger partial charge is 0.496 e. The molecule has 8 heteroatoms. The number of carbonyl (C=O) groups excluding carboxylic acids is 1. The van der Waals surface area contributed by atoms with Crippen molar-refractivity contribution in [1.29, 1.82) is 0 Å². The van der Waals surface area contributed by atoms with Crippen molar-refractivity contribution in [2.75, 3.05) is 26.4 Å². The lowest BCUT2D eigenvalue weighted by atomic mass is 10.0. The van der Waals surface area contributed by atoms with Crippen molar-refractivity contribution in [2.45, 2.75) is 26.9 Å². The van der Waals surface area contributed by atoms with Crippen LogP contribution in [0.3, 0.4) is 0 Å². The molecule has 1 heterocycles. The SMILES string of the molecule is COc1c(C)cc(CN(C)CC(=O)c2c(N)n(Cc3ccccc3)c(=O)n(C)c2=O)cc1C. The number of Topliss-reactive ketones (excluding diaryl/α,β-unsaturated/α-hetero) is 1. The van der Waals surface area contributed by atoms with Gasteiger partial charge in [-0.2, -0.15) is 0 Å². The third-order valence-electron chi connectivity index (χ3n) is 5.64. The molecule has 2 aromatic carbocycles. The smallest absolute Gasteiger partial charge is 0.332 e. The number of rotatable bonds is 8. The molecule has 0 saturated heterocycles. The molecule has 0 amide bonds. The molecule has 0 aliphatic heterocycles. The molecule has 0 radical (unpaired) electrons. The number of ketones is 1. The first kappa shape index (κ1) is 24.0. The molecule has 0 aliphatic carbocycles. The van der Waals surface area contributed by atoms with Crippen LogP contribution in [0.25, 0.3) is 0 Å². The van der Waals surface area contributed by atoms with E-state index in [1.54, 1.807) is 14.2 Å². The summed E-state index contributed by atoms with van der Waals surface area (Å²) in [6.07, 6.45) is 0. The van der Waals surface area contributed by atoms with Crippen molar-refractivity contribution in [3.05, 3.63) is 91.1 Å². The minimum Gasteiger partial charge on any atom is -0.496 e. The minimum absolute atomic E-state index is 0.0207. The fraction of sp³-hybridized carbons (Fsp3) is 0.320. The van der Waals surface area contributed by atoms with Crippen molar-refractivity contribution in [2.24, 2.45) is 7.05 Å². The molecule has 0 aliphatic rings. The number of methoxy groups -OCH3 is 1. The van der Waals surface area contributed by atoms with E-state index in [-0.39, 0.29) is 24.5 Å². The molecular formula is C25H30N4O4. The molecule has 8 nitrogen and oxygen atoms in total. The third kappa shape index (κ3) is 5.06.